The second-order valence-electron chi connectivity index (χ2n) is 6.62. The third-order valence-corrected chi connectivity index (χ3v) is 4.09. The number of benzene rings is 2. The molecule has 0 atom stereocenters. The summed E-state index contributed by atoms with van der Waals surface area (Å²) in [4.78, 5) is 8.59. The van der Waals surface area contributed by atoms with Gasteiger partial charge in [0.05, 0.1) is 11.8 Å². The van der Waals surface area contributed by atoms with E-state index in [-0.39, 0.29) is 12.9 Å². The van der Waals surface area contributed by atoms with E-state index in [0.29, 0.717) is 12.4 Å². The van der Waals surface area contributed by atoms with Gasteiger partial charge in [-0.2, -0.15) is 0 Å². The number of anilines is 3. The molecular formula is C21H22N4O3. The summed E-state index contributed by atoms with van der Waals surface area (Å²) in [6, 6.07) is 15.5. The van der Waals surface area contributed by atoms with E-state index in [2.05, 4.69) is 20.6 Å². The molecule has 0 spiro atoms. The van der Waals surface area contributed by atoms with Crippen LogP contribution in [0.2, 0.25) is 0 Å². The quantitative estimate of drug-likeness (QED) is 0.633. The molecule has 1 aliphatic rings. The summed E-state index contributed by atoms with van der Waals surface area (Å²) >= 11 is 0. The molecule has 28 heavy (non-hydrogen) atoms. The first-order valence-electron chi connectivity index (χ1n) is 9.14. The number of ether oxygens (including phenoxy) is 3. The number of nitrogens with one attached hydrogen (secondary N) is 2. The summed E-state index contributed by atoms with van der Waals surface area (Å²) in [6.45, 7) is 4.88. The fourth-order valence-corrected chi connectivity index (χ4v) is 2.83. The largest absolute Gasteiger partial charge is 0.489 e. The van der Waals surface area contributed by atoms with Crippen LogP contribution in [0.4, 0.5) is 17.3 Å². The molecule has 144 valence electrons. The number of para-hydroxylation sites is 2. The zero-order valence-electron chi connectivity index (χ0n) is 15.8. The van der Waals surface area contributed by atoms with Crippen LogP contribution in [0.25, 0.3) is 0 Å². The molecule has 0 fully saturated rings. The average Bonchev–Trinajstić information content (AvgIpc) is 3.16. The minimum atomic E-state index is 0.0901. The highest BCUT2D eigenvalue weighted by Crippen LogP contribution is 2.32. The molecule has 2 heterocycles. The number of rotatable bonds is 7. The molecule has 7 nitrogen and oxygen atoms in total. The van der Waals surface area contributed by atoms with Crippen molar-refractivity contribution in [3.8, 4) is 17.2 Å². The molecule has 7 heteroatoms. The van der Waals surface area contributed by atoms with Crippen LogP contribution < -0.4 is 24.8 Å². The van der Waals surface area contributed by atoms with Crippen LogP contribution in [0.15, 0.2) is 54.9 Å². The lowest BCUT2D eigenvalue weighted by atomic mass is 10.2. The molecule has 3 aromatic rings. The summed E-state index contributed by atoms with van der Waals surface area (Å²) < 4.78 is 16.6. The number of hydrogen-bond donors (Lipinski definition) is 2. The molecule has 0 bridgehead atoms. The smallest absolute Gasteiger partial charge is 0.231 e. The van der Waals surface area contributed by atoms with Crippen LogP contribution in [0.5, 0.6) is 17.2 Å². The zero-order chi connectivity index (χ0) is 19.3. The molecule has 4 rings (SSSR count). The predicted molar refractivity (Wildman–Crippen MR) is 107 cm³/mol. The van der Waals surface area contributed by atoms with E-state index in [4.69, 9.17) is 14.2 Å². The van der Waals surface area contributed by atoms with Crippen molar-refractivity contribution in [2.24, 2.45) is 0 Å². The fourth-order valence-electron chi connectivity index (χ4n) is 2.83. The minimum absolute atomic E-state index is 0.0901. The van der Waals surface area contributed by atoms with Gasteiger partial charge in [0.1, 0.15) is 23.7 Å². The van der Waals surface area contributed by atoms with Crippen molar-refractivity contribution in [2.45, 2.75) is 26.5 Å². The Bertz CT molecular complexity index is 962. The number of aromatic nitrogens is 2. The number of nitrogens with zero attached hydrogens (tertiary/aromatic N) is 2. The molecule has 1 aliphatic heterocycles. The second-order valence-corrected chi connectivity index (χ2v) is 6.62. The van der Waals surface area contributed by atoms with Gasteiger partial charge >= 0.3 is 0 Å². The van der Waals surface area contributed by atoms with Gasteiger partial charge in [-0.05, 0) is 43.7 Å². The van der Waals surface area contributed by atoms with Crippen LogP contribution in [0, 0.1) is 0 Å². The number of hydrogen-bond acceptors (Lipinski definition) is 7. The van der Waals surface area contributed by atoms with Gasteiger partial charge in [0, 0.05) is 12.6 Å². The standard InChI is InChI=1S/C21H22N4O3/c1-14(2)28-17-6-4-3-5-16(17)25-21-10-20(23-12-24-21)22-11-15-7-8-18-19(9-15)27-13-26-18/h3-10,12,14H,11,13H2,1-2H3,(H2,22,23,24,25). The van der Waals surface area contributed by atoms with Crippen LogP contribution in [0.1, 0.15) is 19.4 Å². The Morgan fingerprint density at radius 3 is 2.71 bits per heavy atom. The molecule has 1 aromatic heterocycles. The molecule has 2 N–H and O–H groups in total. The number of fused-ring (bicyclic) bond motifs is 1. The second kappa shape index (κ2) is 8.04. The summed E-state index contributed by atoms with van der Waals surface area (Å²) in [7, 11) is 0. The zero-order valence-corrected chi connectivity index (χ0v) is 15.8. The maximum atomic E-state index is 5.85. The van der Waals surface area contributed by atoms with Gasteiger partial charge < -0.3 is 24.8 Å². The van der Waals surface area contributed by atoms with Crippen LogP contribution >= 0.6 is 0 Å². The van der Waals surface area contributed by atoms with E-state index >= 15 is 0 Å². The Balaban J connectivity index is 1.43. The highest BCUT2D eigenvalue weighted by Gasteiger charge is 2.13. The lowest BCUT2D eigenvalue weighted by Gasteiger charge is -2.15. The molecule has 0 amide bonds. The van der Waals surface area contributed by atoms with Crippen molar-refractivity contribution in [3.05, 3.63) is 60.4 Å². The Morgan fingerprint density at radius 2 is 1.82 bits per heavy atom. The summed E-state index contributed by atoms with van der Waals surface area (Å²) in [5, 5.41) is 6.60. The van der Waals surface area contributed by atoms with Crippen molar-refractivity contribution >= 4 is 17.3 Å². The molecule has 2 aromatic carbocycles. The molecule has 0 saturated carbocycles. The molecule has 0 radical (unpaired) electrons. The van der Waals surface area contributed by atoms with Gasteiger partial charge in [-0.3, -0.25) is 0 Å². The van der Waals surface area contributed by atoms with Crippen molar-refractivity contribution in [1.82, 2.24) is 9.97 Å². The van der Waals surface area contributed by atoms with Gasteiger partial charge in [0.2, 0.25) is 6.79 Å². The Hall–Kier alpha value is -3.48. The van der Waals surface area contributed by atoms with E-state index in [9.17, 15) is 0 Å². The molecule has 0 unspecified atom stereocenters. The van der Waals surface area contributed by atoms with Gasteiger partial charge in [-0.25, -0.2) is 9.97 Å². The van der Waals surface area contributed by atoms with E-state index in [1.807, 2.05) is 62.4 Å². The Labute approximate surface area is 163 Å². The minimum Gasteiger partial charge on any atom is -0.489 e. The van der Waals surface area contributed by atoms with Crippen LogP contribution in [0.3, 0.4) is 0 Å². The van der Waals surface area contributed by atoms with Gasteiger partial charge in [0.15, 0.2) is 11.5 Å². The third kappa shape index (κ3) is 4.25. The summed E-state index contributed by atoms with van der Waals surface area (Å²) in [6.07, 6.45) is 1.61. The average molecular weight is 378 g/mol. The van der Waals surface area contributed by atoms with Crippen molar-refractivity contribution in [1.29, 1.82) is 0 Å². The van der Waals surface area contributed by atoms with Crippen molar-refractivity contribution in [3.63, 3.8) is 0 Å². The third-order valence-electron chi connectivity index (χ3n) is 4.09. The maximum absolute atomic E-state index is 5.85. The Morgan fingerprint density at radius 1 is 1.00 bits per heavy atom. The van der Waals surface area contributed by atoms with Gasteiger partial charge in [-0.15, -0.1) is 0 Å². The summed E-state index contributed by atoms with van der Waals surface area (Å²) in [5.41, 5.74) is 1.93. The lowest BCUT2D eigenvalue weighted by molar-refractivity contribution is 0.174. The first kappa shape index (κ1) is 17.9. The van der Waals surface area contributed by atoms with Crippen molar-refractivity contribution < 1.29 is 14.2 Å². The highest BCUT2D eigenvalue weighted by atomic mass is 16.7. The van der Waals surface area contributed by atoms with Crippen LogP contribution in [-0.2, 0) is 6.54 Å². The van der Waals surface area contributed by atoms with Gasteiger partial charge in [-0.1, -0.05) is 18.2 Å². The predicted octanol–water partition coefficient (Wildman–Crippen LogP) is 4.35. The molecule has 0 saturated heterocycles. The van der Waals surface area contributed by atoms with E-state index in [1.165, 1.54) is 6.33 Å². The van der Waals surface area contributed by atoms with E-state index in [1.54, 1.807) is 0 Å². The SMILES string of the molecule is CC(C)Oc1ccccc1Nc1cc(NCc2ccc3c(c2)OCO3)ncn1. The maximum Gasteiger partial charge on any atom is 0.231 e. The monoisotopic (exact) mass is 378 g/mol. The topological polar surface area (TPSA) is 77.5 Å². The van der Waals surface area contributed by atoms with E-state index in [0.717, 1.165) is 34.3 Å². The first-order valence-corrected chi connectivity index (χ1v) is 9.14. The summed E-state index contributed by atoms with van der Waals surface area (Å²) in [5.74, 6) is 3.73. The lowest BCUT2D eigenvalue weighted by Crippen LogP contribution is -2.08. The molecular weight excluding hydrogens is 356 g/mol. The van der Waals surface area contributed by atoms with Crippen LogP contribution in [-0.4, -0.2) is 22.9 Å². The van der Waals surface area contributed by atoms with E-state index < -0.39 is 0 Å². The fraction of sp³-hybridized carbons (Fsp3) is 0.238. The first-order chi connectivity index (χ1) is 13.7. The highest BCUT2D eigenvalue weighted by molar-refractivity contribution is 5.65. The Kier molecular flexibility index (Phi) is 5.14. The van der Waals surface area contributed by atoms with Crippen molar-refractivity contribution in [2.75, 3.05) is 17.4 Å². The normalized spacial score (nSPS) is 12.1. The molecule has 0 aliphatic carbocycles. The van der Waals surface area contributed by atoms with Gasteiger partial charge in [0.25, 0.3) is 0 Å².